The van der Waals surface area contributed by atoms with Crippen LogP contribution in [0.3, 0.4) is 0 Å². The molecule has 0 bridgehead atoms. The molecule has 0 rings (SSSR count). The summed E-state index contributed by atoms with van der Waals surface area (Å²) in [6, 6.07) is -0.233. The Morgan fingerprint density at radius 3 is 2.41 bits per heavy atom. The molecule has 3 N–H and O–H groups in total. The van der Waals surface area contributed by atoms with Crippen molar-refractivity contribution < 1.29 is 14.7 Å². The van der Waals surface area contributed by atoms with E-state index in [4.69, 9.17) is 5.11 Å². The van der Waals surface area contributed by atoms with Gasteiger partial charge in [-0.2, -0.15) is 0 Å². The molecule has 0 saturated heterocycles. The summed E-state index contributed by atoms with van der Waals surface area (Å²) in [5.74, 6) is -0.410. The highest BCUT2D eigenvalue weighted by Gasteiger charge is 2.09. The first-order valence-corrected chi connectivity index (χ1v) is 5.89. The fourth-order valence-electron chi connectivity index (χ4n) is 1.51. The van der Waals surface area contributed by atoms with Crippen LogP contribution in [-0.4, -0.2) is 42.8 Å². The van der Waals surface area contributed by atoms with Gasteiger partial charge in [0.15, 0.2) is 0 Å². The quantitative estimate of drug-likeness (QED) is 0.558. The highest BCUT2D eigenvalue weighted by atomic mass is 16.4. The summed E-state index contributed by atoms with van der Waals surface area (Å²) in [7, 11) is 3.47. The van der Waals surface area contributed by atoms with Gasteiger partial charge in [0, 0.05) is 27.1 Å². The van der Waals surface area contributed by atoms with Gasteiger partial charge >= 0.3 is 12.0 Å². The second-order valence-electron chi connectivity index (χ2n) is 4.26. The van der Waals surface area contributed by atoms with E-state index in [-0.39, 0.29) is 12.5 Å². The Bertz CT molecular complexity index is 244. The van der Waals surface area contributed by atoms with E-state index in [0.717, 1.165) is 12.8 Å². The lowest BCUT2D eigenvalue weighted by atomic mass is 9.97. The first-order chi connectivity index (χ1) is 7.95. The zero-order valence-electron chi connectivity index (χ0n) is 10.8. The Labute approximate surface area is 102 Å². The third-order valence-corrected chi connectivity index (χ3v) is 2.51. The number of carboxylic acids is 1. The maximum atomic E-state index is 11.2. The van der Waals surface area contributed by atoms with Gasteiger partial charge in [0.1, 0.15) is 0 Å². The van der Waals surface area contributed by atoms with Crippen LogP contribution in [0.2, 0.25) is 0 Å². The summed E-state index contributed by atoms with van der Waals surface area (Å²) in [5.41, 5.74) is 2.57. The zero-order chi connectivity index (χ0) is 13.3. The van der Waals surface area contributed by atoms with E-state index in [0.29, 0.717) is 18.9 Å². The molecule has 0 aliphatic rings. The molecule has 0 fully saturated rings. The Morgan fingerprint density at radius 1 is 1.29 bits per heavy atom. The Kier molecular flexibility index (Phi) is 8.13. The van der Waals surface area contributed by atoms with Gasteiger partial charge in [0.25, 0.3) is 0 Å². The number of rotatable bonds is 8. The molecule has 1 atom stereocenters. The molecule has 0 saturated carbocycles. The molecule has 0 spiro atoms. The summed E-state index contributed by atoms with van der Waals surface area (Å²) in [4.78, 5) is 21.7. The predicted octanol–water partition coefficient (Wildman–Crippen LogP) is 1.04. The molecule has 0 aliphatic carbocycles. The van der Waals surface area contributed by atoms with Crippen LogP contribution in [0, 0.1) is 5.92 Å². The molecule has 0 aromatic carbocycles. The van der Waals surface area contributed by atoms with Crippen LogP contribution in [-0.2, 0) is 4.79 Å². The second-order valence-corrected chi connectivity index (χ2v) is 4.26. The number of amides is 2. The molecule has 1 unspecified atom stereocenters. The summed E-state index contributed by atoms with van der Waals surface area (Å²) in [5, 5.41) is 12.9. The topological polar surface area (TPSA) is 81.7 Å². The van der Waals surface area contributed by atoms with E-state index in [9.17, 15) is 9.59 Å². The lowest BCUT2D eigenvalue weighted by molar-refractivity contribution is -0.137. The number of hydrogen-bond donors (Lipinski definition) is 3. The maximum Gasteiger partial charge on any atom is 0.329 e. The molecule has 6 heteroatoms. The minimum absolute atomic E-state index is 0.197. The molecule has 0 aromatic rings. The van der Waals surface area contributed by atoms with Gasteiger partial charge in [-0.1, -0.05) is 13.3 Å². The van der Waals surface area contributed by atoms with E-state index in [2.05, 4.69) is 10.7 Å². The highest BCUT2D eigenvalue weighted by molar-refractivity contribution is 5.73. The van der Waals surface area contributed by atoms with Gasteiger partial charge in [-0.05, 0) is 18.8 Å². The largest absolute Gasteiger partial charge is 0.481 e. The third kappa shape index (κ3) is 9.62. The average Bonchev–Trinajstić information content (AvgIpc) is 2.21. The fourth-order valence-corrected chi connectivity index (χ4v) is 1.51. The van der Waals surface area contributed by atoms with E-state index < -0.39 is 5.97 Å². The van der Waals surface area contributed by atoms with Crippen molar-refractivity contribution in [2.75, 3.05) is 20.6 Å². The number of hydrogen-bond acceptors (Lipinski definition) is 3. The molecular weight excluding hydrogens is 222 g/mol. The normalized spacial score (nSPS) is 12.2. The smallest absolute Gasteiger partial charge is 0.329 e. The van der Waals surface area contributed by atoms with Gasteiger partial charge in [0.05, 0.1) is 0 Å². The molecule has 17 heavy (non-hydrogen) atoms. The average molecular weight is 245 g/mol. The van der Waals surface area contributed by atoms with Crippen LogP contribution in [0.15, 0.2) is 0 Å². The van der Waals surface area contributed by atoms with Crippen molar-refractivity contribution in [2.24, 2.45) is 5.92 Å². The molecule has 0 radical (unpaired) electrons. The summed E-state index contributed by atoms with van der Waals surface area (Å²) < 4.78 is 0. The van der Waals surface area contributed by atoms with Crippen molar-refractivity contribution in [1.29, 1.82) is 0 Å². The standard InChI is InChI=1S/C11H23N3O3/c1-4-9(5-6-10(15)16)7-8-12-11(17)13-14(2)3/h9H,4-8H2,1-3H3,(H,15,16)(H2,12,13,17). The van der Waals surface area contributed by atoms with E-state index in [1.54, 1.807) is 19.1 Å². The first-order valence-electron chi connectivity index (χ1n) is 5.89. The number of nitrogens with zero attached hydrogens (tertiary/aromatic N) is 1. The Balaban J connectivity index is 3.68. The zero-order valence-corrected chi connectivity index (χ0v) is 10.8. The SMILES string of the molecule is CCC(CCNC(=O)NN(C)C)CCC(=O)O. The molecule has 6 nitrogen and oxygen atoms in total. The van der Waals surface area contributed by atoms with Crippen molar-refractivity contribution >= 4 is 12.0 Å². The summed E-state index contributed by atoms with van der Waals surface area (Å²) in [6.07, 6.45) is 2.61. The lowest BCUT2D eigenvalue weighted by Crippen LogP contribution is -2.43. The van der Waals surface area contributed by atoms with Crippen LogP contribution in [0.25, 0.3) is 0 Å². The number of carbonyl (C=O) groups excluding carboxylic acids is 1. The molecule has 100 valence electrons. The van der Waals surface area contributed by atoms with E-state index in [1.807, 2.05) is 6.92 Å². The van der Waals surface area contributed by atoms with Crippen LogP contribution < -0.4 is 10.7 Å². The molecular formula is C11H23N3O3. The Morgan fingerprint density at radius 2 is 1.94 bits per heavy atom. The lowest BCUT2D eigenvalue weighted by Gasteiger charge is -2.16. The van der Waals surface area contributed by atoms with Gasteiger partial charge in [-0.3, -0.25) is 10.2 Å². The van der Waals surface area contributed by atoms with Gasteiger partial charge in [0.2, 0.25) is 0 Å². The Hall–Kier alpha value is -1.30. The van der Waals surface area contributed by atoms with Gasteiger partial charge in [-0.25, -0.2) is 9.80 Å². The number of carboxylic acid groups (broad SMARTS) is 1. The van der Waals surface area contributed by atoms with Crippen LogP contribution in [0.1, 0.15) is 32.6 Å². The van der Waals surface area contributed by atoms with Crippen LogP contribution in [0.4, 0.5) is 4.79 Å². The van der Waals surface area contributed by atoms with E-state index >= 15 is 0 Å². The third-order valence-electron chi connectivity index (χ3n) is 2.51. The molecule has 0 aromatic heterocycles. The predicted molar refractivity (Wildman–Crippen MR) is 65.5 cm³/mol. The molecule has 2 amide bonds. The van der Waals surface area contributed by atoms with Gasteiger partial charge in [-0.15, -0.1) is 0 Å². The van der Waals surface area contributed by atoms with Crippen molar-refractivity contribution in [3.8, 4) is 0 Å². The number of hydrazine groups is 1. The molecule has 0 heterocycles. The van der Waals surface area contributed by atoms with Crippen molar-refractivity contribution in [2.45, 2.75) is 32.6 Å². The van der Waals surface area contributed by atoms with Crippen molar-refractivity contribution in [3.05, 3.63) is 0 Å². The van der Waals surface area contributed by atoms with Crippen LogP contribution in [0.5, 0.6) is 0 Å². The fraction of sp³-hybridized carbons (Fsp3) is 0.818. The van der Waals surface area contributed by atoms with E-state index in [1.165, 1.54) is 0 Å². The molecule has 0 aliphatic heterocycles. The summed E-state index contributed by atoms with van der Waals surface area (Å²) >= 11 is 0. The monoisotopic (exact) mass is 245 g/mol. The van der Waals surface area contributed by atoms with Crippen molar-refractivity contribution in [1.82, 2.24) is 15.8 Å². The van der Waals surface area contributed by atoms with Crippen molar-refractivity contribution in [3.63, 3.8) is 0 Å². The second kappa shape index (κ2) is 8.81. The number of nitrogens with one attached hydrogen (secondary N) is 2. The summed E-state index contributed by atoms with van der Waals surface area (Å²) in [6.45, 7) is 2.60. The minimum atomic E-state index is -0.762. The number of carbonyl (C=O) groups is 2. The minimum Gasteiger partial charge on any atom is -0.481 e. The maximum absolute atomic E-state index is 11.2. The van der Waals surface area contributed by atoms with Crippen LogP contribution >= 0.6 is 0 Å². The van der Waals surface area contributed by atoms with Gasteiger partial charge < -0.3 is 10.4 Å². The number of urea groups is 1. The highest BCUT2D eigenvalue weighted by Crippen LogP contribution is 2.14. The number of aliphatic carboxylic acids is 1. The first kappa shape index (κ1) is 15.7.